The van der Waals surface area contributed by atoms with Gasteiger partial charge in [-0.05, 0) is 77.9 Å². The van der Waals surface area contributed by atoms with E-state index in [2.05, 4.69) is 161 Å². The Hall–Kier alpha value is -7.74. The SMILES string of the molecule is c1ccc(-c2ccc(-c3nc(-c4ccc5c(c4)Sc4cccc6c7c8ccccc8n(-c8ccccc8)c7n-5c46)nc(-c4ccc5oc6ccccc6c5c4)n3)cc2)cc1. The van der Waals surface area contributed by atoms with Crippen molar-refractivity contribution in [3.63, 3.8) is 0 Å². The lowest BCUT2D eigenvalue weighted by molar-refractivity contribution is 0.669. The molecule has 0 unspecified atom stereocenters. The standard InChI is InChI=1S/C53H31N5OS/c1-3-12-32(13-4-1)33-22-24-34(25-23-33)50-54-51(35-27-29-45-41(30-35)38-16-8-10-20-44(38)59-45)56-52(55-50)36-26-28-43-47(31-36)60-46-21-11-18-40-48-39-17-7-9-19-42(39)57(37-14-5-2-6-15-37)53(48)58(43)49(40)46/h1-31H. The molecule has 0 bridgehead atoms. The van der Waals surface area contributed by atoms with Crippen LogP contribution < -0.4 is 0 Å². The van der Waals surface area contributed by atoms with Gasteiger partial charge in [0.25, 0.3) is 0 Å². The molecule has 0 saturated carbocycles. The van der Waals surface area contributed by atoms with Gasteiger partial charge < -0.3 is 4.42 Å². The third kappa shape index (κ3) is 4.99. The predicted octanol–water partition coefficient (Wildman–Crippen LogP) is 13.9. The van der Waals surface area contributed by atoms with Crippen molar-refractivity contribution in [1.82, 2.24) is 24.1 Å². The first-order valence-corrected chi connectivity index (χ1v) is 20.8. The zero-order chi connectivity index (χ0) is 39.3. The van der Waals surface area contributed by atoms with Gasteiger partial charge in [0, 0.05) is 59.1 Å². The Morgan fingerprint density at radius 3 is 1.82 bits per heavy atom. The monoisotopic (exact) mass is 785 g/mol. The van der Waals surface area contributed by atoms with Crippen molar-refractivity contribution in [3.8, 4) is 56.7 Å². The Labute approximate surface area is 348 Å². The summed E-state index contributed by atoms with van der Waals surface area (Å²) in [4.78, 5) is 17.9. The maximum atomic E-state index is 6.19. The molecule has 8 aromatic carbocycles. The first-order valence-electron chi connectivity index (χ1n) is 20.0. The van der Waals surface area contributed by atoms with E-state index in [0.717, 1.165) is 71.7 Å². The molecule has 4 aromatic heterocycles. The minimum atomic E-state index is 0.603. The van der Waals surface area contributed by atoms with Crippen molar-refractivity contribution in [2.45, 2.75) is 9.79 Å². The summed E-state index contributed by atoms with van der Waals surface area (Å²) in [6.07, 6.45) is 0. The summed E-state index contributed by atoms with van der Waals surface area (Å²) >= 11 is 1.80. The van der Waals surface area contributed by atoms with Gasteiger partial charge in [-0.25, -0.2) is 15.0 Å². The number of hydrogen-bond donors (Lipinski definition) is 0. The molecule has 0 spiro atoms. The molecular formula is C53H31N5OS. The summed E-state index contributed by atoms with van der Waals surface area (Å²) < 4.78 is 11.1. The topological polar surface area (TPSA) is 61.7 Å². The van der Waals surface area contributed by atoms with E-state index < -0.39 is 0 Å². The maximum absolute atomic E-state index is 6.19. The number of fused-ring (bicyclic) bond motifs is 10. The molecule has 0 aliphatic carbocycles. The number of aromatic nitrogens is 5. The van der Waals surface area contributed by atoms with E-state index in [0.29, 0.717) is 17.5 Å². The molecule has 0 N–H and O–H groups in total. The Bertz CT molecular complexity index is 3680. The van der Waals surface area contributed by atoms with Gasteiger partial charge in [-0.3, -0.25) is 9.13 Å². The van der Waals surface area contributed by atoms with Gasteiger partial charge in [-0.2, -0.15) is 0 Å². The molecule has 280 valence electrons. The van der Waals surface area contributed by atoms with E-state index in [1.165, 1.54) is 32.1 Å². The van der Waals surface area contributed by atoms with Crippen molar-refractivity contribution >= 4 is 66.5 Å². The first-order chi connectivity index (χ1) is 29.7. The van der Waals surface area contributed by atoms with Crippen LogP contribution in [0.4, 0.5) is 0 Å². The predicted molar refractivity (Wildman–Crippen MR) is 244 cm³/mol. The Balaban J connectivity index is 1.01. The fourth-order valence-electron chi connectivity index (χ4n) is 9.03. The zero-order valence-corrected chi connectivity index (χ0v) is 32.8. The van der Waals surface area contributed by atoms with Crippen LogP contribution in [0.5, 0.6) is 0 Å². The van der Waals surface area contributed by atoms with Crippen LogP contribution in [0.2, 0.25) is 0 Å². The van der Waals surface area contributed by atoms with Crippen molar-refractivity contribution in [1.29, 1.82) is 0 Å². The van der Waals surface area contributed by atoms with Gasteiger partial charge in [-0.15, -0.1) is 0 Å². The second kappa shape index (κ2) is 12.9. The average Bonchev–Trinajstić information content (AvgIpc) is 3.98. The normalized spacial score (nSPS) is 12.3. The maximum Gasteiger partial charge on any atom is 0.164 e. The molecule has 1 aliphatic rings. The molecule has 0 atom stereocenters. The summed E-state index contributed by atoms with van der Waals surface area (Å²) in [5.41, 5.74) is 12.6. The second-order valence-electron chi connectivity index (χ2n) is 15.2. The quantitative estimate of drug-likeness (QED) is 0.174. The van der Waals surface area contributed by atoms with Gasteiger partial charge in [0.1, 0.15) is 16.8 Å². The van der Waals surface area contributed by atoms with E-state index >= 15 is 0 Å². The van der Waals surface area contributed by atoms with Crippen LogP contribution in [-0.2, 0) is 0 Å². The Kier molecular flexibility index (Phi) is 7.14. The molecule has 0 fully saturated rings. The van der Waals surface area contributed by atoms with Crippen molar-refractivity contribution in [2.75, 3.05) is 0 Å². The molecule has 60 heavy (non-hydrogen) atoms. The smallest absolute Gasteiger partial charge is 0.164 e. The highest BCUT2D eigenvalue weighted by Gasteiger charge is 2.28. The van der Waals surface area contributed by atoms with Crippen LogP contribution in [0.3, 0.4) is 0 Å². The molecule has 12 aromatic rings. The van der Waals surface area contributed by atoms with Crippen LogP contribution in [0, 0.1) is 0 Å². The van der Waals surface area contributed by atoms with E-state index in [9.17, 15) is 0 Å². The number of para-hydroxylation sites is 4. The molecule has 0 amide bonds. The molecule has 0 radical (unpaired) electrons. The minimum absolute atomic E-state index is 0.603. The first kappa shape index (κ1) is 33.3. The molecule has 0 saturated heterocycles. The van der Waals surface area contributed by atoms with Crippen molar-refractivity contribution in [2.24, 2.45) is 0 Å². The summed E-state index contributed by atoms with van der Waals surface area (Å²) in [7, 11) is 0. The zero-order valence-electron chi connectivity index (χ0n) is 32.0. The van der Waals surface area contributed by atoms with Gasteiger partial charge in [-0.1, -0.05) is 133 Å². The molecule has 13 rings (SSSR count). The number of furan rings is 1. The van der Waals surface area contributed by atoms with E-state index in [-0.39, 0.29) is 0 Å². The molecular weight excluding hydrogens is 755 g/mol. The fourth-order valence-corrected chi connectivity index (χ4v) is 10.2. The van der Waals surface area contributed by atoms with E-state index in [4.69, 9.17) is 19.4 Å². The number of rotatable bonds is 5. The van der Waals surface area contributed by atoms with Gasteiger partial charge in [0.2, 0.25) is 0 Å². The minimum Gasteiger partial charge on any atom is -0.456 e. The lowest BCUT2D eigenvalue weighted by Gasteiger charge is -2.22. The second-order valence-corrected chi connectivity index (χ2v) is 16.3. The lowest BCUT2D eigenvalue weighted by atomic mass is 10.0. The van der Waals surface area contributed by atoms with Crippen LogP contribution in [0.15, 0.2) is 202 Å². The highest BCUT2D eigenvalue weighted by atomic mass is 32.2. The van der Waals surface area contributed by atoms with E-state index in [1.807, 2.05) is 36.4 Å². The highest BCUT2D eigenvalue weighted by molar-refractivity contribution is 7.99. The third-order valence-electron chi connectivity index (χ3n) is 11.8. The third-order valence-corrected chi connectivity index (χ3v) is 12.9. The largest absolute Gasteiger partial charge is 0.456 e. The average molecular weight is 786 g/mol. The van der Waals surface area contributed by atoms with Gasteiger partial charge in [0.05, 0.1) is 16.7 Å². The van der Waals surface area contributed by atoms with E-state index in [1.54, 1.807) is 11.8 Å². The molecule has 1 aliphatic heterocycles. The Morgan fingerprint density at radius 2 is 1.00 bits per heavy atom. The lowest BCUT2D eigenvalue weighted by Crippen LogP contribution is -2.06. The number of nitrogens with zero attached hydrogens (tertiary/aromatic N) is 5. The molecule has 6 nitrogen and oxygen atoms in total. The van der Waals surface area contributed by atoms with Gasteiger partial charge >= 0.3 is 0 Å². The molecule has 7 heteroatoms. The summed E-state index contributed by atoms with van der Waals surface area (Å²) in [5.74, 6) is 1.83. The summed E-state index contributed by atoms with van der Waals surface area (Å²) in [6, 6.07) is 66.0. The van der Waals surface area contributed by atoms with Crippen LogP contribution in [-0.4, -0.2) is 24.1 Å². The fraction of sp³-hybridized carbons (Fsp3) is 0. The number of hydrogen-bond acceptors (Lipinski definition) is 5. The Morgan fingerprint density at radius 1 is 0.400 bits per heavy atom. The number of benzene rings is 8. The van der Waals surface area contributed by atoms with Crippen LogP contribution in [0.1, 0.15) is 0 Å². The van der Waals surface area contributed by atoms with Crippen molar-refractivity contribution < 1.29 is 4.42 Å². The van der Waals surface area contributed by atoms with Crippen LogP contribution in [0.25, 0.3) is 111 Å². The molecule has 5 heterocycles. The van der Waals surface area contributed by atoms with Crippen molar-refractivity contribution in [3.05, 3.63) is 188 Å². The van der Waals surface area contributed by atoms with Crippen LogP contribution >= 0.6 is 11.8 Å². The summed E-state index contributed by atoms with van der Waals surface area (Å²) in [6.45, 7) is 0. The van der Waals surface area contributed by atoms with Gasteiger partial charge in [0.15, 0.2) is 17.5 Å². The summed E-state index contributed by atoms with van der Waals surface area (Å²) in [5, 5.41) is 5.84. The highest BCUT2D eigenvalue weighted by Crippen LogP contribution is 2.50.